The lowest BCUT2D eigenvalue weighted by molar-refractivity contribution is 0.0642. The first-order valence-electron chi connectivity index (χ1n) is 17.8. The number of thioether (sulfide) groups is 2. The first-order chi connectivity index (χ1) is 24.1. The van der Waals surface area contributed by atoms with Crippen molar-refractivity contribution in [2.75, 3.05) is 25.7 Å². The maximum atomic E-state index is 7.72. The van der Waals surface area contributed by atoms with Gasteiger partial charge in [-0.15, -0.1) is 23.5 Å². The molecule has 254 valence electrons. The van der Waals surface area contributed by atoms with Crippen molar-refractivity contribution in [1.82, 2.24) is 0 Å². The van der Waals surface area contributed by atoms with Gasteiger partial charge in [-0.1, -0.05) is 82.3 Å². The van der Waals surface area contributed by atoms with Gasteiger partial charge in [0.25, 0.3) is 0 Å². The monoisotopic (exact) mass is 696 g/mol. The molecule has 50 heavy (non-hydrogen) atoms. The second-order valence-electron chi connectivity index (χ2n) is 16.1. The SMILES string of the molecule is COc1ccc(C2(c3ccc(OC)cc3)C=Cc3c4c(c5cc6c(cc5c3O2)SCCS6)-c2ccccc2C42CC(C)(C)CC(C)(C)C2)cc1. The molecule has 1 saturated carbocycles. The van der Waals surface area contributed by atoms with Crippen molar-refractivity contribution in [1.29, 1.82) is 0 Å². The number of hydrogen-bond acceptors (Lipinski definition) is 5. The molecule has 1 fully saturated rings. The first kappa shape index (κ1) is 32.1. The van der Waals surface area contributed by atoms with Gasteiger partial charge in [0.15, 0.2) is 5.60 Å². The van der Waals surface area contributed by atoms with Crippen LogP contribution in [0.4, 0.5) is 0 Å². The number of fused-ring (bicyclic) bond motifs is 11. The van der Waals surface area contributed by atoms with Gasteiger partial charge in [0.05, 0.1) is 14.2 Å². The Labute approximate surface area is 304 Å². The molecule has 5 aromatic carbocycles. The molecule has 0 bridgehead atoms. The van der Waals surface area contributed by atoms with Crippen LogP contribution in [-0.4, -0.2) is 25.7 Å². The largest absolute Gasteiger partial charge is 0.497 e. The van der Waals surface area contributed by atoms with Crippen molar-refractivity contribution in [3.05, 3.63) is 119 Å². The fourth-order valence-electron chi connectivity index (χ4n) is 10.3. The standard InChI is InChI=1S/C45H44O3S2/c1-42(2)25-43(3,4)27-44(26-42)36-10-8-7-9-32(36)39-34-23-37-38(50-22-21-49-37)24-35(34)41-33(40(39)44)19-20-45(48-41,28-11-15-30(46-5)16-12-28)29-13-17-31(47-6)18-14-29/h7-20,23-24H,21-22,25-27H2,1-6H3. The van der Waals surface area contributed by atoms with Gasteiger partial charge in [0, 0.05) is 48.8 Å². The minimum Gasteiger partial charge on any atom is -0.497 e. The molecule has 0 aromatic heterocycles. The zero-order chi connectivity index (χ0) is 34.5. The Morgan fingerprint density at radius 2 is 1.22 bits per heavy atom. The number of rotatable bonds is 4. The maximum absolute atomic E-state index is 7.72. The van der Waals surface area contributed by atoms with E-state index in [0.717, 1.165) is 52.7 Å². The van der Waals surface area contributed by atoms with Gasteiger partial charge < -0.3 is 14.2 Å². The lowest BCUT2D eigenvalue weighted by Gasteiger charge is -2.52. The van der Waals surface area contributed by atoms with Crippen LogP contribution in [0.2, 0.25) is 0 Å². The van der Waals surface area contributed by atoms with Gasteiger partial charge in [-0.3, -0.25) is 0 Å². The third kappa shape index (κ3) is 4.79. The summed E-state index contributed by atoms with van der Waals surface area (Å²) < 4.78 is 18.9. The van der Waals surface area contributed by atoms with Crippen LogP contribution in [-0.2, 0) is 11.0 Å². The highest BCUT2D eigenvalue weighted by molar-refractivity contribution is 8.05. The molecule has 2 aliphatic heterocycles. The van der Waals surface area contributed by atoms with Crippen LogP contribution in [0.5, 0.6) is 17.2 Å². The van der Waals surface area contributed by atoms with Crippen molar-refractivity contribution >= 4 is 40.4 Å². The van der Waals surface area contributed by atoms with Crippen molar-refractivity contribution in [3.8, 4) is 28.4 Å². The molecule has 0 N–H and O–H groups in total. The Hall–Kier alpha value is -3.80. The van der Waals surface area contributed by atoms with E-state index in [2.05, 4.69) is 101 Å². The predicted octanol–water partition coefficient (Wildman–Crippen LogP) is 11.9. The number of benzene rings is 5. The van der Waals surface area contributed by atoms with Gasteiger partial charge in [0.2, 0.25) is 0 Å². The van der Waals surface area contributed by atoms with Crippen LogP contribution >= 0.6 is 23.5 Å². The van der Waals surface area contributed by atoms with E-state index in [4.69, 9.17) is 14.2 Å². The summed E-state index contributed by atoms with van der Waals surface area (Å²) in [7, 11) is 3.43. The topological polar surface area (TPSA) is 27.7 Å². The van der Waals surface area contributed by atoms with E-state index in [9.17, 15) is 0 Å². The van der Waals surface area contributed by atoms with Crippen LogP contribution in [0.25, 0.3) is 28.0 Å². The van der Waals surface area contributed by atoms with Crippen molar-refractivity contribution < 1.29 is 14.2 Å². The Morgan fingerprint density at radius 1 is 0.660 bits per heavy atom. The summed E-state index contributed by atoms with van der Waals surface area (Å²) in [4.78, 5) is 2.75. The molecule has 0 amide bonds. The predicted molar refractivity (Wildman–Crippen MR) is 209 cm³/mol. The highest BCUT2D eigenvalue weighted by Gasteiger charge is 2.55. The van der Waals surface area contributed by atoms with Crippen LogP contribution in [0, 0.1) is 10.8 Å². The van der Waals surface area contributed by atoms with Crippen LogP contribution in [0.1, 0.15) is 74.8 Å². The maximum Gasteiger partial charge on any atom is 0.178 e. The average molecular weight is 697 g/mol. The summed E-state index contributed by atoms with van der Waals surface area (Å²) in [6.07, 6.45) is 8.15. The lowest BCUT2D eigenvalue weighted by Crippen LogP contribution is -2.44. The van der Waals surface area contributed by atoms with Crippen molar-refractivity contribution in [2.24, 2.45) is 10.8 Å². The van der Waals surface area contributed by atoms with Gasteiger partial charge >= 0.3 is 0 Å². The normalized spacial score (nSPS) is 20.0. The molecule has 0 radical (unpaired) electrons. The summed E-state index contributed by atoms with van der Waals surface area (Å²) in [5, 5.41) is 2.51. The molecule has 2 aliphatic carbocycles. The zero-order valence-corrected chi connectivity index (χ0v) is 31.4. The smallest absolute Gasteiger partial charge is 0.178 e. The summed E-state index contributed by atoms with van der Waals surface area (Å²) >= 11 is 3.97. The Bertz CT molecular complexity index is 2130. The number of ether oxygens (including phenoxy) is 3. The van der Waals surface area contributed by atoms with E-state index in [0.29, 0.717) is 0 Å². The van der Waals surface area contributed by atoms with Gasteiger partial charge in [-0.05, 0) is 100 Å². The van der Waals surface area contributed by atoms with E-state index < -0.39 is 5.60 Å². The van der Waals surface area contributed by atoms with Crippen LogP contribution < -0.4 is 14.2 Å². The average Bonchev–Trinajstić information content (AvgIpc) is 3.38. The van der Waals surface area contributed by atoms with E-state index in [1.165, 1.54) is 54.8 Å². The van der Waals surface area contributed by atoms with Gasteiger partial charge in [-0.2, -0.15) is 0 Å². The molecule has 3 nitrogen and oxygen atoms in total. The summed E-state index contributed by atoms with van der Waals surface area (Å²) in [6.45, 7) is 9.94. The number of methoxy groups -OCH3 is 2. The fraction of sp³-hybridized carbons (Fsp3) is 0.333. The van der Waals surface area contributed by atoms with E-state index in [1.54, 1.807) is 14.2 Å². The summed E-state index contributed by atoms with van der Waals surface area (Å²) in [5.74, 6) is 4.89. The van der Waals surface area contributed by atoms with Gasteiger partial charge in [-0.25, -0.2) is 0 Å². The van der Waals surface area contributed by atoms with E-state index in [1.807, 2.05) is 47.8 Å². The minimum atomic E-state index is -0.853. The molecule has 1 spiro atoms. The Morgan fingerprint density at radius 3 is 1.80 bits per heavy atom. The minimum absolute atomic E-state index is 0.124. The first-order valence-corrected chi connectivity index (χ1v) is 19.7. The molecule has 0 saturated heterocycles. The molecule has 5 heteroatoms. The Balaban J connectivity index is 1.38. The second-order valence-corrected chi connectivity index (χ2v) is 18.4. The zero-order valence-electron chi connectivity index (χ0n) is 29.8. The summed E-state index contributed by atoms with van der Waals surface area (Å²) in [5.41, 5.74) is 8.49. The molecule has 5 aromatic rings. The second kappa shape index (κ2) is 11.4. The molecular weight excluding hydrogens is 653 g/mol. The molecular formula is C45H44O3S2. The van der Waals surface area contributed by atoms with E-state index >= 15 is 0 Å². The fourth-order valence-corrected chi connectivity index (χ4v) is 12.6. The molecule has 2 heterocycles. The lowest BCUT2D eigenvalue weighted by atomic mass is 9.52. The van der Waals surface area contributed by atoms with E-state index in [-0.39, 0.29) is 16.2 Å². The van der Waals surface area contributed by atoms with Crippen molar-refractivity contribution in [3.63, 3.8) is 0 Å². The van der Waals surface area contributed by atoms with Crippen molar-refractivity contribution in [2.45, 2.75) is 67.8 Å². The van der Waals surface area contributed by atoms with Crippen LogP contribution in [0.15, 0.2) is 101 Å². The highest BCUT2D eigenvalue weighted by atomic mass is 32.2. The quantitative estimate of drug-likeness (QED) is 0.186. The molecule has 0 unspecified atom stereocenters. The molecule has 9 rings (SSSR count). The highest BCUT2D eigenvalue weighted by Crippen LogP contribution is 2.67. The summed E-state index contributed by atoms with van der Waals surface area (Å²) in [6, 6.07) is 31.0. The van der Waals surface area contributed by atoms with Crippen LogP contribution in [0.3, 0.4) is 0 Å². The molecule has 4 aliphatic rings. The number of hydrogen-bond donors (Lipinski definition) is 0. The third-order valence-corrected chi connectivity index (χ3v) is 14.0. The Kier molecular flexibility index (Phi) is 7.29. The molecule has 0 atom stereocenters. The van der Waals surface area contributed by atoms with Gasteiger partial charge in [0.1, 0.15) is 17.2 Å². The third-order valence-electron chi connectivity index (χ3n) is 11.5.